The minimum absolute atomic E-state index is 0.00587. The number of thiazole rings is 1. The van der Waals surface area contributed by atoms with Crippen LogP contribution in [0.2, 0.25) is 0 Å². The fraction of sp³-hybridized carbons (Fsp3) is 0.100. The lowest BCUT2D eigenvalue weighted by Crippen LogP contribution is -2.13. The zero-order valence-electron chi connectivity index (χ0n) is 13.7. The van der Waals surface area contributed by atoms with Gasteiger partial charge in [-0.05, 0) is 36.1 Å². The summed E-state index contributed by atoms with van der Waals surface area (Å²) in [7, 11) is 0. The highest BCUT2D eigenvalue weighted by Crippen LogP contribution is 2.37. The molecule has 0 bridgehead atoms. The molecule has 124 valence electrons. The van der Waals surface area contributed by atoms with E-state index in [9.17, 15) is 4.79 Å². The zero-order chi connectivity index (χ0) is 17.2. The number of thiophene rings is 1. The SMILES string of the molecule is Cc1ccc(CC(=O)Nc2sccc2-c2nc3ccccc3s2)cc1. The van der Waals surface area contributed by atoms with E-state index in [1.165, 1.54) is 16.9 Å². The molecule has 0 atom stereocenters. The highest BCUT2D eigenvalue weighted by Gasteiger charge is 2.14. The van der Waals surface area contributed by atoms with Crippen molar-refractivity contribution < 1.29 is 4.79 Å². The van der Waals surface area contributed by atoms with E-state index >= 15 is 0 Å². The molecule has 4 aromatic rings. The second-order valence-corrected chi connectivity index (χ2v) is 7.81. The summed E-state index contributed by atoms with van der Waals surface area (Å²) in [4.78, 5) is 17.1. The number of nitrogens with zero attached hydrogens (tertiary/aromatic N) is 1. The van der Waals surface area contributed by atoms with Crippen LogP contribution in [-0.4, -0.2) is 10.9 Å². The first-order valence-electron chi connectivity index (χ1n) is 7.98. The van der Waals surface area contributed by atoms with Crippen molar-refractivity contribution in [2.75, 3.05) is 5.32 Å². The molecule has 0 aliphatic rings. The Hall–Kier alpha value is -2.50. The van der Waals surface area contributed by atoms with Gasteiger partial charge in [0.05, 0.1) is 16.6 Å². The van der Waals surface area contributed by atoms with E-state index in [0.29, 0.717) is 6.42 Å². The monoisotopic (exact) mass is 364 g/mol. The number of fused-ring (bicyclic) bond motifs is 1. The van der Waals surface area contributed by atoms with Crippen molar-refractivity contribution in [1.82, 2.24) is 4.98 Å². The van der Waals surface area contributed by atoms with Gasteiger partial charge in [-0.3, -0.25) is 4.79 Å². The van der Waals surface area contributed by atoms with E-state index in [1.807, 2.05) is 60.8 Å². The Morgan fingerprint density at radius 1 is 1.08 bits per heavy atom. The maximum atomic E-state index is 12.4. The van der Waals surface area contributed by atoms with Crippen LogP contribution in [0.4, 0.5) is 5.00 Å². The molecule has 0 aliphatic carbocycles. The van der Waals surface area contributed by atoms with Crippen molar-refractivity contribution >= 4 is 43.8 Å². The first-order valence-corrected chi connectivity index (χ1v) is 9.67. The first-order chi connectivity index (χ1) is 12.2. The summed E-state index contributed by atoms with van der Waals surface area (Å²) in [5.41, 5.74) is 4.19. The summed E-state index contributed by atoms with van der Waals surface area (Å²) in [5, 5.41) is 6.83. The van der Waals surface area contributed by atoms with Gasteiger partial charge in [0.2, 0.25) is 5.91 Å². The van der Waals surface area contributed by atoms with Gasteiger partial charge in [0.25, 0.3) is 0 Å². The van der Waals surface area contributed by atoms with Crippen molar-refractivity contribution in [3.63, 3.8) is 0 Å². The number of benzene rings is 2. The Kier molecular flexibility index (Phi) is 4.34. The van der Waals surface area contributed by atoms with Gasteiger partial charge in [0, 0.05) is 5.56 Å². The van der Waals surface area contributed by atoms with E-state index in [2.05, 4.69) is 11.4 Å². The Balaban J connectivity index is 1.55. The third-order valence-corrected chi connectivity index (χ3v) is 5.83. The van der Waals surface area contributed by atoms with E-state index in [0.717, 1.165) is 31.4 Å². The summed E-state index contributed by atoms with van der Waals surface area (Å²) in [6, 6.07) is 18.2. The molecule has 25 heavy (non-hydrogen) atoms. The Labute approximate surface area is 154 Å². The average Bonchev–Trinajstić information content (AvgIpc) is 3.22. The molecule has 2 heterocycles. The van der Waals surface area contributed by atoms with E-state index < -0.39 is 0 Å². The quantitative estimate of drug-likeness (QED) is 0.518. The van der Waals surface area contributed by atoms with Gasteiger partial charge >= 0.3 is 0 Å². The molecule has 0 saturated carbocycles. The van der Waals surface area contributed by atoms with Gasteiger partial charge in [-0.25, -0.2) is 4.98 Å². The number of aryl methyl sites for hydroxylation is 1. The number of carbonyl (C=O) groups excluding carboxylic acids is 1. The summed E-state index contributed by atoms with van der Waals surface area (Å²) < 4.78 is 1.15. The molecule has 0 spiro atoms. The topological polar surface area (TPSA) is 42.0 Å². The highest BCUT2D eigenvalue weighted by molar-refractivity contribution is 7.22. The van der Waals surface area contributed by atoms with Crippen LogP contribution in [0.25, 0.3) is 20.8 Å². The highest BCUT2D eigenvalue weighted by atomic mass is 32.1. The standard InChI is InChI=1S/C20H16N2OS2/c1-13-6-8-14(9-7-13)12-18(23)22-19-15(10-11-24-19)20-21-16-4-2-3-5-17(16)25-20/h2-11H,12H2,1H3,(H,22,23). The lowest BCUT2D eigenvalue weighted by atomic mass is 10.1. The summed E-state index contributed by atoms with van der Waals surface area (Å²) >= 11 is 3.18. The molecule has 0 radical (unpaired) electrons. The van der Waals surface area contributed by atoms with E-state index in [-0.39, 0.29) is 5.91 Å². The molecule has 1 N–H and O–H groups in total. The van der Waals surface area contributed by atoms with Crippen LogP contribution in [0.3, 0.4) is 0 Å². The molecule has 1 amide bonds. The molecule has 2 aromatic heterocycles. The second kappa shape index (κ2) is 6.78. The van der Waals surface area contributed by atoms with Crippen LogP contribution in [0, 0.1) is 6.92 Å². The fourth-order valence-corrected chi connectivity index (χ4v) is 4.49. The number of aromatic nitrogens is 1. The normalized spacial score (nSPS) is 10.9. The molecular weight excluding hydrogens is 348 g/mol. The van der Waals surface area contributed by atoms with Crippen LogP contribution < -0.4 is 5.32 Å². The van der Waals surface area contributed by atoms with Gasteiger partial charge in [-0.1, -0.05) is 42.0 Å². The zero-order valence-corrected chi connectivity index (χ0v) is 15.3. The number of nitrogens with one attached hydrogen (secondary N) is 1. The third kappa shape index (κ3) is 3.48. The summed E-state index contributed by atoms with van der Waals surface area (Å²) in [5.74, 6) is -0.00587. The molecule has 0 saturated heterocycles. The number of para-hydroxylation sites is 1. The Morgan fingerprint density at radius 3 is 2.68 bits per heavy atom. The molecular formula is C20H16N2OS2. The van der Waals surface area contributed by atoms with Crippen molar-refractivity contribution in [1.29, 1.82) is 0 Å². The number of hydrogen-bond donors (Lipinski definition) is 1. The lowest BCUT2D eigenvalue weighted by molar-refractivity contribution is -0.115. The van der Waals surface area contributed by atoms with Crippen LogP contribution >= 0.6 is 22.7 Å². The summed E-state index contributed by atoms with van der Waals surface area (Å²) in [6.45, 7) is 2.04. The molecule has 2 aromatic carbocycles. The fourth-order valence-electron chi connectivity index (χ4n) is 2.62. The minimum atomic E-state index is -0.00587. The smallest absolute Gasteiger partial charge is 0.229 e. The number of anilines is 1. The van der Waals surface area contributed by atoms with Gasteiger partial charge in [0.15, 0.2) is 0 Å². The number of amides is 1. The Bertz CT molecular complexity index is 998. The maximum absolute atomic E-state index is 12.4. The largest absolute Gasteiger partial charge is 0.317 e. The molecule has 0 unspecified atom stereocenters. The van der Waals surface area contributed by atoms with Gasteiger partial charge < -0.3 is 5.32 Å². The number of rotatable bonds is 4. The number of hydrogen-bond acceptors (Lipinski definition) is 4. The van der Waals surface area contributed by atoms with Gasteiger partial charge in [0.1, 0.15) is 10.0 Å². The van der Waals surface area contributed by atoms with Crippen molar-refractivity contribution in [2.24, 2.45) is 0 Å². The lowest BCUT2D eigenvalue weighted by Gasteiger charge is -2.05. The number of carbonyl (C=O) groups is 1. The van der Waals surface area contributed by atoms with Gasteiger partial charge in [-0.15, -0.1) is 22.7 Å². The van der Waals surface area contributed by atoms with Crippen molar-refractivity contribution in [3.05, 3.63) is 71.1 Å². The van der Waals surface area contributed by atoms with Crippen LogP contribution in [-0.2, 0) is 11.2 Å². The predicted molar refractivity (Wildman–Crippen MR) is 106 cm³/mol. The van der Waals surface area contributed by atoms with Crippen LogP contribution in [0.1, 0.15) is 11.1 Å². The summed E-state index contributed by atoms with van der Waals surface area (Å²) in [6.07, 6.45) is 0.372. The minimum Gasteiger partial charge on any atom is -0.317 e. The predicted octanol–water partition coefficient (Wildman–Crippen LogP) is 5.51. The van der Waals surface area contributed by atoms with Crippen molar-refractivity contribution in [3.8, 4) is 10.6 Å². The van der Waals surface area contributed by atoms with E-state index in [1.54, 1.807) is 11.3 Å². The Morgan fingerprint density at radius 2 is 1.88 bits per heavy atom. The average molecular weight is 364 g/mol. The molecule has 4 rings (SSSR count). The third-order valence-electron chi connectivity index (χ3n) is 3.93. The molecule has 0 fully saturated rings. The molecule has 5 heteroatoms. The molecule has 0 aliphatic heterocycles. The van der Waals surface area contributed by atoms with Crippen molar-refractivity contribution in [2.45, 2.75) is 13.3 Å². The second-order valence-electron chi connectivity index (χ2n) is 5.86. The van der Waals surface area contributed by atoms with Crippen LogP contribution in [0.15, 0.2) is 60.0 Å². The van der Waals surface area contributed by atoms with E-state index in [4.69, 9.17) is 4.98 Å². The van der Waals surface area contributed by atoms with Gasteiger partial charge in [-0.2, -0.15) is 0 Å². The maximum Gasteiger partial charge on any atom is 0.229 e. The van der Waals surface area contributed by atoms with Crippen LogP contribution in [0.5, 0.6) is 0 Å². The molecule has 3 nitrogen and oxygen atoms in total. The first kappa shape index (κ1) is 16.0.